The molecule has 0 aliphatic rings. The normalized spacial score (nSPS) is 12.1. The lowest BCUT2D eigenvalue weighted by atomic mass is 10.1. The number of carbonyl (C=O) groups is 1. The summed E-state index contributed by atoms with van der Waals surface area (Å²) < 4.78 is 0. The summed E-state index contributed by atoms with van der Waals surface area (Å²) in [6.07, 6.45) is 1.44. The zero-order valence-electron chi connectivity index (χ0n) is 9.44. The Balaban J connectivity index is 2.54. The van der Waals surface area contributed by atoms with Crippen LogP contribution in [0.3, 0.4) is 0 Å². The molecule has 88 valence electrons. The molecule has 16 heavy (non-hydrogen) atoms. The average Bonchev–Trinajstić information content (AvgIpc) is 2.28. The highest BCUT2D eigenvalue weighted by atomic mass is 16.4. The van der Waals surface area contributed by atoms with E-state index < -0.39 is 12.0 Å². The van der Waals surface area contributed by atoms with Crippen LogP contribution in [-0.2, 0) is 11.2 Å². The van der Waals surface area contributed by atoms with Gasteiger partial charge in [-0.2, -0.15) is 0 Å². The van der Waals surface area contributed by atoms with Crippen LogP contribution >= 0.6 is 0 Å². The van der Waals surface area contributed by atoms with Crippen molar-refractivity contribution < 1.29 is 9.90 Å². The molecule has 1 unspecified atom stereocenters. The molecule has 0 radical (unpaired) electrons. The van der Waals surface area contributed by atoms with Gasteiger partial charge in [0.2, 0.25) is 0 Å². The van der Waals surface area contributed by atoms with Crippen molar-refractivity contribution in [1.29, 1.82) is 0 Å². The van der Waals surface area contributed by atoms with E-state index in [2.05, 4.69) is 12.2 Å². The van der Waals surface area contributed by atoms with Crippen molar-refractivity contribution in [3.05, 3.63) is 29.8 Å². The number of nitrogens with two attached hydrogens (primary N) is 1. The number of aliphatic carboxylic acids is 1. The van der Waals surface area contributed by atoms with E-state index in [0.29, 0.717) is 6.42 Å². The summed E-state index contributed by atoms with van der Waals surface area (Å²) in [6.45, 7) is 3.04. The number of rotatable bonds is 6. The maximum atomic E-state index is 10.6. The van der Waals surface area contributed by atoms with E-state index in [4.69, 9.17) is 10.8 Å². The molecule has 4 N–H and O–H groups in total. The first kappa shape index (κ1) is 12.5. The Morgan fingerprint density at radius 1 is 1.44 bits per heavy atom. The van der Waals surface area contributed by atoms with Crippen molar-refractivity contribution in [3.63, 3.8) is 0 Å². The van der Waals surface area contributed by atoms with E-state index in [-0.39, 0.29) is 0 Å². The molecule has 0 aromatic heterocycles. The van der Waals surface area contributed by atoms with Crippen LogP contribution in [0.5, 0.6) is 0 Å². The van der Waals surface area contributed by atoms with E-state index in [1.165, 1.54) is 0 Å². The average molecular weight is 222 g/mol. The Labute approximate surface area is 95.5 Å². The number of carboxylic acid groups (broad SMARTS) is 1. The van der Waals surface area contributed by atoms with Gasteiger partial charge in [-0.25, -0.2) is 0 Å². The first-order valence-corrected chi connectivity index (χ1v) is 5.44. The Bertz CT molecular complexity index is 335. The zero-order chi connectivity index (χ0) is 12.0. The number of anilines is 1. The second-order valence-corrected chi connectivity index (χ2v) is 3.77. The second-order valence-electron chi connectivity index (χ2n) is 3.77. The summed E-state index contributed by atoms with van der Waals surface area (Å²) in [6, 6.07) is 6.87. The molecule has 1 atom stereocenters. The molecule has 4 heteroatoms. The first-order chi connectivity index (χ1) is 7.63. The Kier molecular flexibility index (Phi) is 4.79. The molecule has 0 aliphatic heterocycles. The minimum absolute atomic E-state index is 0.364. The second kappa shape index (κ2) is 6.12. The van der Waals surface area contributed by atoms with Crippen LogP contribution in [0.15, 0.2) is 24.3 Å². The highest BCUT2D eigenvalue weighted by Gasteiger charge is 2.11. The lowest BCUT2D eigenvalue weighted by Crippen LogP contribution is -2.32. The highest BCUT2D eigenvalue weighted by molar-refractivity contribution is 5.73. The number of nitrogens with one attached hydrogen (secondary N) is 1. The van der Waals surface area contributed by atoms with Gasteiger partial charge in [0.05, 0.1) is 0 Å². The van der Waals surface area contributed by atoms with Crippen molar-refractivity contribution in [2.75, 3.05) is 11.9 Å². The molecule has 1 aromatic carbocycles. The molecule has 0 bridgehead atoms. The van der Waals surface area contributed by atoms with Gasteiger partial charge in [-0.05, 0) is 30.5 Å². The van der Waals surface area contributed by atoms with E-state index in [1.54, 1.807) is 0 Å². The summed E-state index contributed by atoms with van der Waals surface area (Å²) in [5, 5.41) is 11.9. The Morgan fingerprint density at radius 2 is 2.06 bits per heavy atom. The van der Waals surface area contributed by atoms with Gasteiger partial charge in [0.1, 0.15) is 6.04 Å². The third kappa shape index (κ3) is 3.90. The molecule has 0 heterocycles. The van der Waals surface area contributed by atoms with Crippen LogP contribution in [0.2, 0.25) is 0 Å². The van der Waals surface area contributed by atoms with Crippen LogP contribution in [0, 0.1) is 0 Å². The van der Waals surface area contributed by atoms with Crippen molar-refractivity contribution >= 4 is 11.7 Å². The smallest absolute Gasteiger partial charge is 0.320 e. The number of carboxylic acids is 1. The summed E-state index contributed by atoms with van der Waals surface area (Å²) in [4.78, 5) is 10.6. The molecule has 4 nitrogen and oxygen atoms in total. The fraction of sp³-hybridized carbons (Fsp3) is 0.417. The van der Waals surface area contributed by atoms with Gasteiger partial charge in [0.15, 0.2) is 0 Å². The molecule has 1 rings (SSSR count). The van der Waals surface area contributed by atoms with Crippen molar-refractivity contribution in [2.45, 2.75) is 25.8 Å². The van der Waals surface area contributed by atoms with Gasteiger partial charge in [0.25, 0.3) is 0 Å². The fourth-order valence-electron chi connectivity index (χ4n) is 1.37. The number of hydrogen-bond donors (Lipinski definition) is 3. The largest absolute Gasteiger partial charge is 0.480 e. The highest BCUT2D eigenvalue weighted by Crippen LogP contribution is 2.10. The maximum Gasteiger partial charge on any atom is 0.320 e. The molecule has 1 aromatic rings. The fourth-order valence-corrected chi connectivity index (χ4v) is 1.37. The molecule has 0 amide bonds. The minimum Gasteiger partial charge on any atom is -0.480 e. The standard InChI is InChI=1S/C12H18N2O2/c1-2-7-14-10-5-3-9(4-6-10)8-11(13)12(15)16/h3-6,11,14H,2,7-8,13H2,1H3,(H,15,16). The molecular weight excluding hydrogens is 204 g/mol. The molecule has 0 fully saturated rings. The SMILES string of the molecule is CCCNc1ccc(CC(N)C(=O)O)cc1. The Hall–Kier alpha value is -1.55. The van der Waals surface area contributed by atoms with E-state index >= 15 is 0 Å². The third-order valence-electron chi connectivity index (χ3n) is 2.31. The van der Waals surface area contributed by atoms with Gasteiger partial charge in [-0.3, -0.25) is 4.79 Å². The number of hydrogen-bond acceptors (Lipinski definition) is 3. The minimum atomic E-state index is -0.965. The Morgan fingerprint density at radius 3 is 2.56 bits per heavy atom. The molecule has 0 saturated heterocycles. The van der Waals surface area contributed by atoms with Crippen LogP contribution in [0.4, 0.5) is 5.69 Å². The summed E-state index contributed by atoms with van der Waals surface area (Å²) in [7, 11) is 0. The van der Waals surface area contributed by atoms with E-state index in [9.17, 15) is 4.79 Å². The molecular formula is C12H18N2O2. The predicted octanol–water partition coefficient (Wildman–Crippen LogP) is 1.46. The lowest BCUT2D eigenvalue weighted by Gasteiger charge is -2.08. The van der Waals surface area contributed by atoms with Gasteiger partial charge in [-0.15, -0.1) is 0 Å². The van der Waals surface area contributed by atoms with E-state index in [0.717, 1.165) is 24.2 Å². The first-order valence-electron chi connectivity index (χ1n) is 5.44. The number of benzene rings is 1. The van der Waals surface area contributed by atoms with Crippen molar-refractivity contribution in [1.82, 2.24) is 0 Å². The summed E-state index contributed by atoms with van der Waals surface area (Å²) in [5.74, 6) is -0.965. The maximum absolute atomic E-state index is 10.6. The summed E-state index contributed by atoms with van der Waals surface area (Å²) >= 11 is 0. The monoisotopic (exact) mass is 222 g/mol. The van der Waals surface area contributed by atoms with Crippen LogP contribution in [0.1, 0.15) is 18.9 Å². The topological polar surface area (TPSA) is 75.3 Å². The molecule has 0 aliphatic carbocycles. The van der Waals surface area contributed by atoms with Crippen LogP contribution in [-0.4, -0.2) is 23.7 Å². The predicted molar refractivity (Wildman–Crippen MR) is 64.5 cm³/mol. The van der Waals surface area contributed by atoms with Crippen molar-refractivity contribution in [2.24, 2.45) is 5.73 Å². The van der Waals surface area contributed by atoms with Gasteiger partial charge < -0.3 is 16.2 Å². The van der Waals surface area contributed by atoms with Crippen LogP contribution < -0.4 is 11.1 Å². The van der Waals surface area contributed by atoms with Gasteiger partial charge in [-0.1, -0.05) is 19.1 Å². The van der Waals surface area contributed by atoms with E-state index in [1.807, 2.05) is 24.3 Å². The van der Waals surface area contributed by atoms with Crippen molar-refractivity contribution in [3.8, 4) is 0 Å². The van der Waals surface area contributed by atoms with Crippen LogP contribution in [0.25, 0.3) is 0 Å². The van der Waals surface area contributed by atoms with Gasteiger partial charge >= 0.3 is 5.97 Å². The lowest BCUT2D eigenvalue weighted by molar-refractivity contribution is -0.138. The molecule has 0 saturated carbocycles. The third-order valence-corrected chi connectivity index (χ3v) is 2.31. The van der Waals surface area contributed by atoms with Gasteiger partial charge in [0, 0.05) is 12.2 Å². The summed E-state index contributed by atoms with van der Waals surface area (Å²) in [5.41, 5.74) is 7.44. The molecule has 0 spiro atoms. The quantitative estimate of drug-likeness (QED) is 0.681. The zero-order valence-corrected chi connectivity index (χ0v) is 9.44.